The van der Waals surface area contributed by atoms with Crippen LogP contribution in [0.25, 0.3) is 10.2 Å². The van der Waals surface area contributed by atoms with Gasteiger partial charge in [-0.3, -0.25) is 0 Å². The quantitative estimate of drug-likeness (QED) is 0.443. The van der Waals surface area contributed by atoms with Gasteiger partial charge in [0.2, 0.25) is 0 Å². The number of thiazole rings is 1. The van der Waals surface area contributed by atoms with Crippen LogP contribution in [0, 0.1) is 5.82 Å². The molecule has 0 aliphatic heterocycles. The van der Waals surface area contributed by atoms with E-state index in [-0.39, 0.29) is 12.1 Å². The molecule has 1 aromatic heterocycles. The molecular formula is C17H15F4N3S2. The van der Waals surface area contributed by atoms with E-state index in [1.54, 1.807) is 25.1 Å². The van der Waals surface area contributed by atoms with Crippen LogP contribution >= 0.6 is 23.3 Å². The van der Waals surface area contributed by atoms with Crippen molar-refractivity contribution in [2.45, 2.75) is 24.0 Å². The molecule has 0 saturated heterocycles. The van der Waals surface area contributed by atoms with E-state index < -0.39 is 18.0 Å². The molecular weight excluding hydrogens is 386 g/mol. The second-order valence-electron chi connectivity index (χ2n) is 5.50. The Kier molecular flexibility index (Phi) is 5.40. The summed E-state index contributed by atoms with van der Waals surface area (Å²) in [6, 6.07) is 7.81. The lowest BCUT2D eigenvalue weighted by Gasteiger charge is -2.31. The summed E-state index contributed by atoms with van der Waals surface area (Å²) in [5.41, 5.74) is 6.32. The number of aromatic nitrogens is 1. The maximum absolute atomic E-state index is 13.7. The van der Waals surface area contributed by atoms with Crippen molar-refractivity contribution < 1.29 is 17.6 Å². The van der Waals surface area contributed by atoms with Crippen LogP contribution in [0.5, 0.6) is 0 Å². The number of benzene rings is 2. The number of rotatable bonds is 5. The number of hydrogen-bond acceptors (Lipinski definition) is 5. The molecule has 0 radical (unpaired) electrons. The number of nitrogen functional groups attached to an aromatic ring is 1. The van der Waals surface area contributed by atoms with Gasteiger partial charge in [-0.05, 0) is 47.8 Å². The number of fused-ring (bicyclic) bond motifs is 1. The molecule has 2 aromatic carbocycles. The average Bonchev–Trinajstić information content (AvgIpc) is 2.94. The topological polar surface area (TPSA) is 42.1 Å². The van der Waals surface area contributed by atoms with E-state index in [1.165, 1.54) is 27.8 Å². The van der Waals surface area contributed by atoms with Crippen molar-refractivity contribution in [1.29, 1.82) is 0 Å². The van der Waals surface area contributed by atoms with E-state index in [0.717, 1.165) is 28.8 Å². The normalized spacial score (nSPS) is 13.5. The summed E-state index contributed by atoms with van der Waals surface area (Å²) < 4.78 is 56.4. The molecule has 0 spiro atoms. The van der Waals surface area contributed by atoms with Crippen LogP contribution in [0.4, 0.5) is 22.7 Å². The van der Waals surface area contributed by atoms with Crippen molar-refractivity contribution in [3.63, 3.8) is 0 Å². The van der Waals surface area contributed by atoms with Gasteiger partial charge in [0.25, 0.3) is 0 Å². The maximum Gasteiger partial charge on any atom is 0.408 e. The van der Waals surface area contributed by atoms with E-state index in [1.807, 2.05) is 0 Å². The van der Waals surface area contributed by atoms with Gasteiger partial charge in [-0.15, -0.1) is 0 Å². The fourth-order valence-corrected chi connectivity index (χ4v) is 4.33. The summed E-state index contributed by atoms with van der Waals surface area (Å²) in [6.45, 7) is 1.79. The molecule has 3 aromatic rings. The van der Waals surface area contributed by atoms with E-state index in [4.69, 9.17) is 5.73 Å². The Morgan fingerprint density at radius 2 is 1.88 bits per heavy atom. The molecule has 0 amide bonds. The first-order chi connectivity index (χ1) is 12.3. The second-order valence-corrected chi connectivity index (χ2v) is 7.69. The van der Waals surface area contributed by atoms with Gasteiger partial charge < -0.3 is 5.73 Å². The molecule has 0 aliphatic carbocycles. The summed E-state index contributed by atoms with van der Waals surface area (Å²) in [7, 11) is 0. The highest BCUT2D eigenvalue weighted by Gasteiger charge is 2.44. The highest BCUT2D eigenvalue weighted by Crippen LogP contribution is 2.43. The van der Waals surface area contributed by atoms with Crippen LogP contribution in [-0.4, -0.2) is 22.0 Å². The van der Waals surface area contributed by atoms with Gasteiger partial charge >= 0.3 is 6.18 Å². The third-order valence-corrected chi connectivity index (χ3v) is 5.73. The fraction of sp³-hybridized carbons (Fsp3) is 0.235. The summed E-state index contributed by atoms with van der Waals surface area (Å²) in [4.78, 5) is 4.79. The molecule has 0 bridgehead atoms. The Labute approximate surface area is 156 Å². The Hall–Kier alpha value is -1.84. The molecule has 9 heteroatoms. The van der Waals surface area contributed by atoms with Crippen molar-refractivity contribution in [1.82, 2.24) is 9.29 Å². The molecule has 0 fully saturated rings. The van der Waals surface area contributed by atoms with Gasteiger partial charge in [-0.1, -0.05) is 30.4 Å². The number of halogens is 4. The Balaban J connectivity index is 1.93. The number of alkyl halides is 3. The van der Waals surface area contributed by atoms with Crippen LogP contribution < -0.4 is 5.73 Å². The molecule has 0 aliphatic rings. The zero-order valence-corrected chi connectivity index (χ0v) is 15.3. The molecule has 3 rings (SSSR count). The predicted molar refractivity (Wildman–Crippen MR) is 97.5 cm³/mol. The zero-order valence-electron chi connectivity index (χ0n) is 13.6. The first-order valence-corrected chi connectivity index (χ1v) is 9.29. The van der Waals surface area contributed by atoms with Gasteiger partial charge in [0.05, 0.1) is 10.2 Å². The van der Waals surface area contributed by atoms with Crippen LogP contribution in [0.2, 0.25) is 0 Å². The predicted octanol–water partition coefficient (Wildman–Crippen LogP) is 5.65. The van der Waals surface area contributed by atoms with Gasteiger partial charge in [-0.25, -0.2) is 13.7 Å². The van der Waals surface area contributed by atoms with E-state index in [0.29, 0.717) is 15.5 Å². The van der Waals surface area contributed by atoms with Crippen LogP contribution in [0.15, 0.2) is 47.4 Å². The van der Waals surface area contributed by atoms with Crippen molar-refractivity contribution >= 4 is 38.6 Å². The Morgan fingerprint density at radius 3 is 2.50 bits per heavy atom. The van der Waals surface area contributed by atoms with Crippen LogP contribution in [-0.2, 0) is 0 Å². The minimum atomic E-state index is -4.50. The smallest absolute Gasteiger partial charge is 0.375 e. The summed E-state index contributed by atoms with van der Waals surface area (Å²) in [6.07, 6.45) is -4.50. The second kappa shape index (κ2) is 7.42. The van der Waals surface area contributed by atoms with E-state index in [9.17, 15) is 17.6 Å². The number of anilines is 1. The minimum absolute atomic E-state index is 0.00719. The lowest BCUT2D eigenvalue weighted by atomic mass is 10.1. The molecule has 138 valence electrons. The first-order valence-electron chi connectivity index (χ1n) is 7.71. The monoisotopic (exact) mass is 401 g/mol. The summed E-state index contributed by atoms with van der Waals surface area (Å²) >= 11 is 2.31. The highest BCUT2D eigenvalue weighted by atomic mass is 32.2. The van der Waals surface area contributed by atoms with Gasteiger partial charge in [0.15, 0.2) is 5.13 Å². The van der Waals surface area contributed by atoms with Crippen molar-refractivity contribution in [3.8, 4) is 0 Å². The third-order valence-electron chi connectivity index (χ3n) is 3.69. The van der Waals surface area contributed by atoms with Gasteiger partial charge in [0, 0.05) is 11.4 Å². The lowest BCUT2D eigenvalue weighted by molar-refractivity contribution is -0.172. The highest BCUT2D eigenvalue weighted by molar-refractivity contribution is 7.97. The molecule has 3 nitrogen and oxygen atoms in total. The number of hydrogen-bond donors (Lipinski definition) is 1. The number of nitrogens with two attached hydrogens (primary N) is 1. The van der Waals surface area contributed by atoms with Crippen molar-refractivity contribution in [2.24, 2.45) is 0 Å². The molecule has 1 atom stereocenters. The first kappa shape index (κ1) is 18.9. The Bertz CT molecular complexity index is 893. The van der Waals surface area contributed by atoms with Gasteiger partial charge in [-0.2, -0.15) is 13.2 Å². The number of nitrogens with zero attached hydrogens (tertiary/aromatic N) is 2. The summed E-state index contributed by atoms with van der Waals surface area (Å²) in [5.74, 6) is -0.572. The van der Waals surface area contributed by atoms with E-state index in [2.05, 4.69) is 4.98 Å². The SMILES string of the molecule is CCN(Sc1ccc2sc(N)nc2c1)C(c1ccc(F)cc1)C(F)(F)F. The zero-order chi connectivity index (χ0) is 18.9. The third kappa shape index (κ3) is 4.11. The Morgan fingerprint density at radius 1 is 1.19 bits per heavy atom. The van der Waals surface area contributed by atoms with Crippen LogP contribution in [0.1, 0.15) is 18.5 Å². The summed E-state index contributed by atoms with van der Waals surface area (Å²) in [5, 5.41) is 0.411. The van der Waals surface area contributed by atoms with Crippen molar-refractivity contribution in [2.75, 3.05) is 12.3 Å². The van der Waals surface area contributed by atoms with Crippen molar-refractivity contribution in [3.05, 3.63) is 53.8 Å². The molecule has 2 N–H and O–H groups in total. The minimum Gasteiger partial charge on any atom is -0.375 e. The lowest BCUT2D eigenvalue weighted by Crippen LogP contribution is -2.34. The standard InChI is InChI=1S/C17H15F4N3S2/c1-2-24(15(17(19,20)21)10-3-5-11(18)6-4-10)26-12-7-8-14-13(9-12)23-16(22)25-14/h3-9,15H,2H2,1H3,(H2,22,23). The fourth-order valence-electron chi connectivity index (χ4n) is 2.58. The van der Waals surface area contributed by atoms with E-state index >= 15 is 0 Å². The molecule has 26 heavy (non-hydrogen) atoms. The maximum atomic E-state index is 13.7. The largest absolute Gasteiger partial charge is 0.408 e. The molecule has 1 unspecified atom stereocenters. The van der Waals surface area contributed by atoms with Gasteiger partial charge in [0.1, 0.15) is 11.9 Å². The van der Waals surface area contributed by atoms with Crippen LogP contribution in [0.3, 0.4) is 0 Å². The molecule has 1 heterocycles. The molecule has 0 saturated carbocycles. The average molecular weight is 401 g/mol.